The van der Waals surface area contributed by atoms with Crippen LogP contribution in [0.5, 0.6) is 0 Å². The van der Waals surface area contributed by atoms with Gasteiger partial charge in [-0.15, -0.1) is 5.10 Å². The number of aromatic nitrogens is 3. The van der Waals surface area contributed by atoms with Crippen LogP contribution >= 0.6 is 23.1 Å². The fourth-order valence-corrected chi connectivity index (χ4v) is 3.16. The lowest BCUT2D eigenvalue weighted by molar-refractivity contribution is 0.315. The van der Waals surface area contributed by atoms with Gasteiger partial charge in [0, 0.05) is 37.4 Å². The van der Waals surface area contributed by atoms with Crippen LogP contribution in [0.4, 0.5) is 5.82 Å². The van der Waals surface area contributed by atoms with Crippen molar-refractivity contribution in [1.82, 2.24) is 19.5 Å². The number of nitrogens with one attached hydrogen (secondary N) is 1. The van der Waals surface area contributed by atoms with E-state index in [1.165, 1.54) is 23.5 Å². The molecule has 21 heavy (non-hydrogen) atoms. The van der Waals surface area contributed by atoms with Crippen molar-refractivity contribution in [2.24, 2.45) is 5.92 Å². The van der Waals surface area contributed by atoms with Crippen LogP contribution in [0, 0.1) is 12.8 Å². The first-order valence-corrected chi connectivity index (χ1v) is 8.21. The van der Waals surface area contributed by atoms with Crippen molar-refractivity contribution in [1.29, 1.82) is 0 Å². The summed E-state index contributed by atoms with van der Waals surface area (Å²) in [4.78, 5) is 6.76. The van der Waals surface area contributed by atoms with Crippen LogP contribution in [-0.4, -0.2) is 39.1 Å². The van der Waals surface area contributed by atoms with E-state index in [1.54, 1.807) is 0 Å². The third-order valence-electron chi connectivity index (χ3n) is 3.74. The molecule has 0 amide bonds. The number of anilines is 1. The van der Waals surface area contributed by atoms with Gasteiger partial charge in [0.25, 0.3) is 0 Å². The molecule has 2 aromatic heterocycles. The smallest absolute Gasteiger partial charge is 0.138 e. The molecule has 0 aliphatic carbocycles. The molecule has 1 N–H and O–H groups in total. The summed E-state index contributed by atoms with van der Waals surface area (Å²) >= 11 is 7.31. The topological polar surface area (TPSA) is 53.9 Å². The van der Waals surface area contributed by atoms with E-state index >= 15 is 0 Å². The van der Waals surface area contributed by atoms with Crippen molar-refractivity contribution < 1.29 is 0 Å². The highest BCUT2D eigenvalue weighted by molar-refractivity contribution is 7.10. The van der Waals surface area contributed by atoms with Gasteiger partial charge in [-0.1, -0.05) is 22.2 Å². The van der Waals surface area contributed by atoms with Gasteiger partial charge in [0.05, 0.1) is 0 Å². The minimum atomic E-state index is 0.637. The number of likely N-dealkylation sites (tertiary alicyclic amines) is 1. The summed E-state index contributed by atoms with van der Waals surface area (Å²) in [5.74, 6) is 1.59. The predicted molar refractivity (Wildman–Crippen MR) is 85.8 cm³/mol. The predicted octanol–water partition coefficient (Wildman–Crippen LogP) is 2.83. The zero-order valence-electron chi connectivity index (χ0n) is 11.9. The molecule has 1 atom stereocenters. The van der Waals surface area contributed by atoms with E-state index in [0.717, 1.165) is 37.7 Å². The zero-order valence-corrected chi connectivity index (χ0v) is 13.5. The Hall–Kier alpha value is -1.24. The molecule has 0 unspecified atom stereocenters. The Morgan fingerprint density at radius 1 is 1.48 bits per heavy atom. The van der Waals surface area contributed by atoms with E-state index in [2.05, 4.69) is 30.9 Å². The first-order valence-electron chi connectivity index (χ1n) is 7.06. The summed E-state index contributed by atoms with van der Waals surface area (Å²) in [6.07, 6.45) is 3.08. The number of rotatable bonds is 5. The summed E-state index contributed by atoms with van der Waals surface area (Å²) in [5.41, 5.74) is 2.08. The molecule has 1 aliphatic heterocycles. The summed E-state index contributed by atoms with van der Waals surface area (Å²) in [6.45, 7) is 5.95. The second-order valence-electron chi connectivity index (χ2n) is 5.48. The van der Waals surface area contributed by atoms with E-state index in [4.69, 9.17) is 11.6 Å². The monoisotopic (exact) mass is 323 g/mol. The molecule has 7 heteroatoms. The van der Waals surface area contributed by atoms with E-state index in [1.807, 2.05) is 19.2 Å². The molecule has 0 radical (unpaired) electrons. The molecular formula is C14H18ClN5S. The van der Waals surface area contributed by atoms with Crippen LogP contribution in [0.2, 0.25) is 4.34 Å². The van der Waals surface area contributed by atoms with Gasteiger partial charge in [-0.25, -0.2) is 4.98 Å². The van der Waals surface area contributed by atoms with Crippen LogP contribution in [0.15, 0.2) is 18.3 Å². The third kappa shape index (κ3) is 3.90. The van der Waals surface area contributed by atoms with E-state index in [0.29, 0.717) is 10.3 Å². The maximum absolute atomic E-state index is 6.05. The quantitative estimate of drug-likeness (QED) is 0.917. The van der Waals surface area contributed by atoms with E-state index in [-0.39, 0.29) is 0 Å². The molecule has 0 saturated carbocycles. The van der Waals surface area contributed by atoms with Crippen molar-refractivity contribution in [3.63, 3.8) is 0 Å². The van der Waals surface area contributed by atoms with Crippen molar-refractivity contribution in [2.45, 2.75) is 19.9 Å². The minimum Gasteiger partial charge on any atom is -0.370 e. The summed E-state index contributed by atoms with van der Waals surface area (Å²) in [5, 5.41) is 7.49. The zero-order chi connectivity index (χ0) is 14.7. The van der Waals surface area contributed by atoms with Gasteiger partial charge in [-0.2, -0.15) is 0 Å². The average Bonchev–Trinajstić information content (AvgIpc) is 3.09. The summed E-state index contributed by atoms with van der Waals surface area (Å²) in [6, 6.07) is 4.11. The molecule has 3 heterocycles. The molecule has 3 rings (SSSR count). The largest absolute Gasteiger partial charge is 0.370 e. The van der Waals surface area contributed by atoms with Crippen molar-refractivity contribution >= 4 is 29.0 Å². The van der Waals surface area contributed by atoms with E-state index < -0.39 is 0 Å². The highest BCUT2D eigenvalue weighted by Crippen LogP contribution is 2.23. The maximum atomic E-state index is 6.05. The standard InChI is InChI=1S/C14H18ClN5S/c1-10-2-3-13(16-6-10)17-7-11-4-5-20(8-11)9-12-14(15)21-19-18-12/h2-3,6,11H,4-5,7-9H2,1H3,(H,16,17)/t11-/m0/s1. The highest BCUT2D eigenvalue weighted by Gasteiger charge is 2.23. The van der Waals surface area contributed by atoms with E-state index in [9.17, 15) is 0 Å². The fraction of sp³-hybridized carbons (Fsp3) is 0.500. The molecule has 2 aromatic rings. The molecule has 0 aromatic carbocycles. The van der Waals surface area contributed by atoms with Crippen molar-refractivity contribution in [3.05, 3.63) is 33.9 Å². The van der Waals surface area contributed by atoms with Crippen LogP contribution in [0.1, 0.15) is 17.7 Å². The fourth-order valence-electron chi connectivity index (χ4n) is 2.55. The number of nitrogens with zero attached hydrogens (tertiary/aromatic N) is 4. The average molecular weight is 324 g/mol. The van der Waals surface area contributed by atoms with Gasteiger partial charge in [-0.3, -0.25) is 4.90 Å². The third-order valence-corrected chi connectivity index (χ3v) is 4.72. The molecule has 112 valence electrons. The maximum Gasteiger partial charge on any atom is 0.138 e. The molecule has 1 saturated heterocycles. The molecule has 0 spiro atoms. The second-order valence-corrected chi connectivity index (χ2v) is 6.84. The number of pyridine rings is 1. The van der Waals surface area contributed by atoms with Crippen LogP contribution < -0.4 is 5.32 Å². The van der Waals surface area contributed by atoms with Gasteiger partial charge in [0.15, 0.2) is 0 Å². The minimum absolute atomic E-state index is 0.637. The van der Waals surface area contributed by atoms with Crippen molar-refractivity contribution in [3.8, 4) is 0 Å². The Labute approximate surface area is 133 Å². The van der Waals surface area contributed by atoms with Gasteiger partial charge in [-0.05, 0) is 37.4 Å². The number of halogens is 1. The lowest BCUT2D eigenvalue weighted by Crippen LogP contribution is -2.23. The van der Waals surface area contributed by atoms with Crippen LogP contribution in [-0.2, 0) is 6.54 Å². The molecular weight excluding hydrogens is 306 g/mol. The summed E-state index contributed by atoms with van der Waals surface area (Å²) < 4.78 is 4.59. The Morgan fingerprint density at radius 3 is 3.10 bits per heavy atom. The number of aryl methyl sites for hydroxylation is 1. The van der Waals surface area contributed by atoms with Gasteiger partial charge < -0.3 is 5.32 Å². The summed E-state index contributed by atoms with van der Waals surface area (Å²) in [7, 11) is 0. The molecule has 5 nitrogen and oxygen atoms in total. The first-order chi connectivity index (χ1) is 10.2. The molecule has 0 bridgehead atoms. The molecule has 1 aliphatic rings. The normalized spacial score (nSPS) is 19.0. The van der Waals surface area contributed by atoms with Gasteiger partial charge >= 0.3 is 0 Å². The molecule has 1 fully saturated rings. The highest BCUT2D eigenvalue weighted by atomic mass is 35.5. The second kappa shape index (κ2) is 6.68. The Morgan fingerprint density at radius 2 is 2.38 bits per heavy atom. The number of hydrogen-bond acceptors (Lipinski definition) is 6. The lowest BCUT2D eigenvalue weighted by atomic mass is 10.1. The van der Waals surface area contributed by atoms with Gasteiger partial charge in [0.1, 0.15) is 15.8 Å². The Bertz CT molecular complexity index is 585. The SMILES string of the molecule is Cc1ccc(NC[C@@H]2CCN(Cc3nnsc3Cl)C2)nc1. The Kier molecular flexibility index (Phi) is 4.67. The van der Waals surface area contributed by atoms with Crippen LogP contribution in [0.3, 0.4) is 0 Å². The Balaban J connectivity index is 1.46. The first kappa shape index (κ1) is 14.7. The van der Waals surface area contributed by atoms with Gasteiger partial charge in [0.2, 0.25) is 0 Å². The number of hydrogen-bond donors (Lipinski definition) is 1. The van der Waals surface area contributed by atoms with Crippen LogP contribution in [0.25, 0.3) is 0 Å². The lowest BCUT2D eigenvalue weighted by Gasteiger charge is -2.15. The van der Waals surface area contributed by atoms with Crippen molar-refractivity contribution in [2.75, 3.05) is 25.0 Å².